The summed E-state index contributed by atoms with van der Waals surface area (Å²) in [6.45, 7) is 0.410. The van der Waals surface area contributed by atoms with Gasteiger partial charge in [-0.25, -0.2) is 4.79 Å². The lowest BCUT2D eigenvalue weighted by Crippen LogP contribution is -2.34. The van der Waals surface area contributed by atoms with Crippen molar-refractivity contribution < 1.29 is 28.6 Å². The smallest absolute Gasteiger partial charge is 0.312 e. The van der Waals surface area contributed by atoms with E-state index in [0.717, 1.165) is 0 Å². The second kappa shape index (κ2) is 9.29. The Bertz CT molecular complexity index is 916. The van der Waals surface area contributed by atoms with Crippen molar-refractivity contribution in [1.82, 2.24) is 5.32 Å². The van der Waals surface area contributed by atoms with Crippen molar-refractivity contribution in [3.63, 3.8) is 0 Å². The minimum Gasteiger partial charge on any atom is -0.486 e. The summed E-state index contributed by atoms with van der Waals surface area (Å²) in [5.74, 6) is -0.0131. The average molecular weight is 419 g/mol. The lowest BCUT2D eigenvalue weighted by atomic mass is 10.0. The standard InChI is InChI=1S/C20H19ClN2O6/c21-14-4-1-12(2-5-14)15(23-20(22)26)10-19(25)29-11-16(24)13-3-6-17-18(9-13)28-8-7-27-17/h1-6,9,15H,7-8,10-11H2,(H3,22,23,26)/t15-/m0/s1. The molecule has 9 heteroatoms. The number of hydrogen-bond donors (Lipinski definition) is 2. The Morgan fingerprint density at radius 3 is 2.45 bits per heavy atom. The minimum absolute atomic E-state index is 0.195. The van der Waals surface area contributed by atoms with Crippen molar-refractivity contribution in [1.29, 1.82) is 0 Å². The molecule has 2 aromatic rings. The molecule has 2 aromatic carbocycles. The van der Waals surface area contributed by atoms with Gasteiger partial charge in [-0.05, 0) is 35.9 Å². The number of halogens is 1. The first-order valence-electron chi connectivity index (χ1n) is 8.82. The Kier molecular flexibility index (Phi) is 6.56. The third kappa shape index (κ3) is 5.61. The number of ether oxygens (including phenoxy) is 3. The summed E-state index contributed by atoms with van der Waals surface area (Å²) in [5.41, 5.74) is 6.15. The normalized spacial score (nSPS) is 13.3. The third-order valence-electron chi connectivity index (χ3n) is 4.19. The van der Waals surface area contributed by atoms with Crippen LogP contribution in [0.3, 0.4) is 0 Å². The highest BCUT2D eigenvalue weighted by Crippen LogP contribution is 2.30. The van der Waals surface area contributed by atoms with Crippen LogP contribution in [-0.2, 0) is 9.53 Å². The molecule has 0 radical (unpaired) electrons. The highest BCUT2D eigenvalue weighted by Gasteiger charge is 2.20. The van der Waals surface area contributed by atoms with Crippen molar-refractivity contribution in [3.8, 4) is 11.5 Å². The molecule has 3 N–H and O–H groups in total. The summed E-state index contributed by atoms with van der Waals surface area (Å²) in [6, 6.07) is 9.85. The van der Waals surface area contributed by atoms with Gasteiger partial charge < -0.3 is 25.3 Å². The van der Waals surface area contributed by atoms with Crippen LogP contribution >= 0.6 is 11.6 Å². The van der Waals surface area contributed by atoms with Crippen LogP contribution in [0.4, 0.5) is 4.79 Å². The second-order valence-electron chi connectivity index (χ2n) is 6.26. The minimum atomic E-state index is -0.787. The SMILES string of the molecule is NC(=O)N[C@@H](CC(=O)OCC(=O)c1ccc2c(c1)OCCO2)c1ccc(Cl)cc1. The van der Waals surface area contributed by atoms with Gasteiger partial charge in [-0.15, -0.1) is 0 Å². The zero-order valence-corrected chi connectivity index (χ0v) is 16.1. The van der Waals surface area contributed by atoms with Gasteiger partial charge in [0.1, 0.15) is 13.2 Å². The number of primary amides is 1. The number of ketones is 1. The predicted octanol–water partition coefficient (Wildman–Crippen LogP) is 2.64. The Balaban J connectivity index is 1.59. The topological polar surface area (TPSA) is 117 Å². The molecule has 0 aromatic heterocycles. The Morgan fingerprint density at radius 1 is 1.07 bits per heavy atom. The van der Waals surface area contributed by atoms with Gasteiger partial charge in [0.25, 0.3) is 0 Å². The number of Topliss-reactive ketones (excluding diaryl/α,β-unsaturated/α-hetero) is 1. The van der Waals surface area contributed by atoms with Gasteiger partial charge in [0.2, 0.25) is 0 Å². The zero-order chi connectivity index (χ0) is 20.8. The average Bonchev–Trinajstić information content (AvgIpc) is 2.71. The molecule has 1 atom stereocenters. The van der Waals surface area contributed by atoms with E-state index in [1.165, 1.54) is 0 Å². The molecule has 0 fully saturated rings. The summed E-state index contributed by atoms with van der Waals surface area (Å²) in [5, 5.41) is 2.99. The van der Waals surface area contributed by atoms with Gasteiger partial charge in [0.15, 0.2) is 23.9 Å². The summed E-state index contributed by atoms with van der Waals surface area (Å²) in [6.07, 6.45) is -0.195. The molecular formula is C20H19ClN2O6. The first-order chi connectivity index (χ1) is 13.9. The molecular weight excluding hydrogens is 400 g/mol. The molecule has 1 aliphatic rings. The number of nitrogens with two attached hydrogens (primary N) is 1. The van der Waals surface area contributed by atoms with Gasteiger partial charge in [0.05, 0.1) is 12.5 Å². The van der Waals surface area contributed by atoms with E-state index in [2.05, 4.69) is 5.32 Å². The van der Waals surface area contributed by atoms with Crippen LogP contribution in [0.2, 0.25) is 5.02 Å². The van der Waals surface area contributed by atoms with E-state index < -0.39 is 24.6 Å². The van der Waals surface area contributed by atoms with E-state index in [9.17, 15) is 14.4 Å². The highest BCUT2D eigenvalue weighted by atomic mass is 35.5. The lowest BCUT2D eigenvalue weighted by Gasteiger charge is -2.19. The predicted molar refractivity (Wildman–Crippen MR) is 104 cm³/mol. The van der Waals surface area contributed by atoms with Crippen molar-refractivity contribution >= 4 is 29.4 Å². The van der Waals surface area contributed by atoms with Crippen LogP contribution in [-0.4, -0.2) is 37.6 Å². The molecule has 0 spiro atoms. The number of nitrogens with one attached hydrogen (secondary N) is 1. The maximum absolute atomic E-state index is 12.3. The second-order valence-corrected chi connectivity index (χ2v) is 6.70. The molecule has 8 nitrogen and oxygen atoms in total. The van der Waals surface area contributed by atoms with Gasteiger partial charge >= 0.3 is 12.0 Å². The van der Waals surface area contributed by atoms with Crippen molar-refractivity contribution in [2.24, 2.45) is 5.73 Å². The number of urea groups is 1. The Morgan fingerprint density at radius 2 is 1.76 bits per heavy atom. The fraction of sp³-hybridized carbons (Fsp3) is 0.250. The zero-order valence-electron chi connectivity index (χ0n) is 15.4. The fourth-order valence-corrected chi connectivity index (χ4v) is 2.92. The van der Waals surface area contributed by atoms with E-state index in [0.29, 0.717) is 40.9 Å². The molecule has 152 valence electrons. The first kappa shape index (κ1) is 20.5. The largest absolute Gasteiger partial charge is 0.486 e. The highest BCUT2D eigenvalue weighted by molar-refractivity contribution is 6.30. The van der Waals surface area contributed by atoms with E-state index in [-0.39, 0.29) is 12.2 Å². The van der Waals surface area contributed by atoms with Crippen molar-refractivity contribution in [2.45, 2.75) is 12.5 Å². The van der Waals surface area contributed by atoms with E-state index >= 15 is 0 Å². The maximum atomic E-state index is 12.3. The summed E-state index contributed by atoms with van der Waals surface area (Å²) >= 11 is 5.86. The molecule has 29 heavy (non-hydrogen) atoms. The van der Waals surface area contributed by atoms with Gasteiger partial charge in [-0.3, -0.25) is 9.59 Å². The lowest BCUT2D eigenvalue weighted by molar-refractivity contribution is -0.143. The van der Waals surface area contributed by atoms with Gasteiger partial charge in [0, 0.05) is 10.6 Å². The number of fused-ring (bicyclic) bond motifs is 1. The Labute approximate surface area is 171 Å². The third-order valence-corrected chi connectivity index (χ3v) is 4.44. The molecule has 1 aliphatic heterocycles. The van der Waals surface area contributed by atoms with E-state index in [1.54, 1.807) is 42.5 Å². The molecule has 3 rings (SSSR count). The summed E-state index contributed by atoms with van der Waals surface area (Å²) < 4.78 is 15.9. The molecule has 0 unspecified atom stereocenters. The molecule has 2 amide bonds. The van der Waals surface area contributed by atoms with Crippen LogP contribution in [0.5, 0.6) is 11.5 Å². The Hall–Kier alpha value is -3.26. The number of carbonyl (C=O) groups excluding carboxylic acids is 3. The fourth-order valence-electron chi connectivity index (χ4n) is 2.79. The molecule has 0 saturated heterocycles. The van der Waals surface area contributed by atoms with Crippen molar-refractivity contribution in [2.75, 3.05) is 19.8 Å². The first-order valence-corrected chi connectivity index (χ1v) is 9.20. The molecule has 0 aliphatic carbocycles. The van der Waals surface area contributed by atoms with Crippen molar-refractivity contribution in [3.05, 3.63) is 58.6 Å². The van der Waals surface area contributed by atoms with Crippen LogP contribution in [0.15, 0.2) is 42.5 Å². The van der Waals surface area contributed by atoms with Crippen LogP contribution < -0.4 is 20.5 Å². The monoisotopic (exact) mass is 418 g/mol. The number of amides is 2. The quantitative estimate of drug-likeness (QED) is 0.527. The summed E-state index contributed by atoms with van der Waals surface area (Å²) in [7, 11) is 0. The molecule has 0 bridgehead atoms. The van der Waals surface area contributed by atoms with Crippen LogP contribution in [0.1, 0.15) is 28.4 Å². The van der Waals surface area contributed by atoms with Crippen LogP contribution in [0.25, 0.3) is 0 Å². The number of hydrogen-bond acceptors (Lipinski definition) is 6. The van der Waals surface area contributed by atoms with Gasteiger partial charge in [-0.1, -0.05) is 23.7 Å². The van der Waals surface area contributed by atoms with Crippen LogP contribution in [0, 0.1) is 0 Å². The van der Waals surface area contributed by atoms with E-state index in [1.807, 2.05) is 0 Å². The number of rotatable bonds is 7. The number of carbonyl (C=O) groups is 3. The molecule has 1 heterocycles. The number of esters is 1. The number of benzene rings is 2. The van der Waals surface area contributed by atoms with Gasteiger partial charge in [-0.2, -0.15) is 0 Å². The molecule has 0 saturated carbocycles. The summed E-state index contributed by atoms with van der Waals surface area (Å²) in [4.78, 5) is 35.8. The van der Waals surface area contributed by atoms with E-state index in [4.69, 9.17) is 31.5 Å². The maximum Gasteiger partial charge on any atom is 0.312 e.